The molecule has 0 bridgehead atoms. The molecule has 1 amide bonds. The maximum atomic E-state index is 12.3. The van der Waals surface area contributed by atoms with Crippen LogP contribution in [-0.4, -0.2) is 28.3 Å². The average Bonchev–Trinajstić information content (AvgIpc) is 3.26. The summed E-state index contributed by atoms with van der Waals surface area (Å²) in [6, 6.07) is 8.04. The Morgan fingerprint density at radius 1 is 1.42 bits per heavy atom. The van der Waals surface area contributed by atoms with Gasteiger partial charge in [0.2, 0.25) is 5.91 Å². The van der Waals surface area contributed by atoms with Crippen molar-refractivity contribution in [3.05, 3.63) is 57.5 Å². The summed E-state index contributed by atoms with van der Waals surface area (Å²) in [7, 11) is 0. The lowest BCUT2D eigenvalue weighted by Crippen LogP contribution is -2.34. The zero-order chi connectivity index (χ0) is 17.1. The number of furan rings is 1. The van der Waals surface area contributed by atoms with Crippen LogP contribution in [0.3, 0.4) is 0 Å². The lowest BCUT2D eigenvalue weighted by Gasteiger charge is -2.20. The number of hydrogen-bond acceptors (Lipinski definition) is 5. The lowest BCUT2D eigenvalue weighted by molar-refractivity contribution is -0.384. The number of nitrogens with one attached hydrogen (secondary N) is 1. The Hall–Kier alpha value is -2.38. The molecule has 0 unspecified atom stereocenters. The van der Waals surface area contributed by atoms with Gasteiger partial charge in [-0.25, -0.2) is 0 Å². The number of anilines is 1. The van der Waals surface area contributed by atoms with E-state index in [9.17, 15) is 14.9 Å². The first-order chi connectivity index (χ1) is 11.5. The molecule has 1 heterocycles. The predicted molar refractivity (Wildman–Crippen MR) is 88.9 cm³/mol. The summed E-state index contributed by atoms with van der Waals surface area (Å²) in [5.41, 5.74) is 0.247. The van der Waals surface area contributed by atoms with Gasteiger partial charge in [-0.2, -0.15) is 0 Å². The third-order valence-electron chi connectivity index (χ3n) is 3.79. The van der Waals surface area contributed by atoms with Crippen LogP contribution in [0.5, 0.6) is 0 Å². The number of nitrogens with zero attached hydrogens (tertiary/aromatic N) is 2. The highest BCUT2D eigenvalue weighted by molar-refractivity contribution is 6.34. The summed E-state index contributed by atoms with van der Waals surface area (Å²) < 4.78 is 5.34. The molecule has 7 nitrogen and oxygen atoms in total. The smallest absolute Gasteiger partial charge is 0.271 e. The molecular formula is C16H16ClN3O4. The fourth-order valence-corrected chi connectivity index (χ4v) is 2.67. The van der Waals surface area contributed by atoms with Crippen molar-refractivity contribution in [1.82, 2.24) is 4.90 Å². The van der Waals surface area contributed by atoms with Gasteiger partial charge in [0.15, 0.2) is 0 Å². The minimum absolute atomic E-state index is 0.115. The van der Waals surface area contributed by atoms with E-state index in [-0.39, 0.29) is 23.2 Å². The minimum Gasteiger partial charge on any atom is -0.468 e. The summed E-state index contributed by atoms with van der Waals surface area (Å²) in [5, 5.41) is 13.6. The van der Waals surface area contributed by atoms with Gasteiger partial charge in [-0.1, -0.05) is 11.6 Å². The summed E-state index contributed by atoms with van der Waals surface area (Å²) in [5.74, 6) is 0.590. The van der Waals surface area contributed by atoms with Crippen LogP contribution in [0.1, 0.15) is 18.6 Å². The van der Waals surface area contributed by atoms with Gasteiger partial charge < -0.3 is 9.73 Å². The Kier molecular flexibility index (Phi) is 4.82. The third-order valence-corrected chi connectivity index (χ3v) is 4.10. The number of nitro groups is 1. The number of halogens is 1. The maximum absolute atomic E-state index is 12.3. The van der Waals surface area contributed by atoms with E-state index in [1.807, 2.05) is 17.0 Å². The van der Waals surface area contributed by atoms with Gasteiger partial charge in [0.1, 0.15) is 5.76 Å². The van der Waals surface area contributed by atoms with Gasteiger partial charge in [-0.15, -0.1) is 0 Å². The van der Waals surface area contributed by atoms with Crippen molar-refractivity contribution >= 4 is 28.9 Å². The maximum Gasteiger partial charge on any atom is 0.271 e. The van der Waals surface area contributed by atoms with Crippen molar-refractivity contribution in [1.29, 1.82) is 0 Å². The minimum atomic E-state index is -0.532. The van der Waals surface area contributed by atoms with Gasteiger partial charge >= 0.3 is 0 Å². The predicted octanol–water partition coefficient (Wildman–Crippen LogP) is 3.44. The molecule has 1 aliphatic carbocycles. The number of carbonyl (C=O) groups excluding carboxylic acids is 1. The number of benzene rings is 1. The molecule has 2 aromatic rings. The third kappa shape index (κ3) is 4.12. The van der Waals surface area contributed by atoms with Crippen molar-refractivity contribution in [3.8, 4) is 0 Å². The number of carbonyl (C=O) groups is 1. The topological polar surface area (TPSA) is 88.6 Å². The Bertz CT molecular complexity index is 744. The molecule has 1 aromatic heterocycles. The first-order valence-corrected chi connectivity index (χ1v) is 7.91. The summed E-state index contributed by atoms with van der Waals surface area (Å²) in [6.45, 7) is 0.776. The van der Waals surface area contributed by atoms with Crippen LogP contribution < -0.4 is 5.32 Å². The highest BCUT2D eigenvalue weighted by Gasteiger charge is 2.31. The van der Waals surface area contributed by atoms with Gasteiger partial charge in [0.05, 0.1) is 35.0 Å². The second-order valence-electron chi connectivity index (χ2n) is 5.68. The number of rotatable bonds is 7. The first-order valence-electron chi connectivity index (χ1n) is 7.53. The quantitative estimate of drug-likeness (QED) is 0.611. The Balaban J connectivity index is 1.62. The van der Waals surface area contributed by atoms with E-state index in [1.165, 1.54) is 18.2 Å². The monoisotopic (exact) mass is 349 g/mol. The highest BCUT2D eigenvalue weighted by Crippen LogP contribution is 2.29. The second kappa shape index (κ2) is 7.02. The van der Waals surface area contributed by atoms with Crippen molar-refractivity contribution in [2.75, 3.05) is 11.9 Å². The molecule has 1 aliphatic rings. The van der Waals surface area contributed by atoms with Crippen LogP contribution in [0.4, 0.5) is 11.4 Å². The van der Waals surface area contributed by atoms with Crippen LogP contribution in [0.2, 0.25) is 5.02 Å². The lowest BCUT2D eigenvalue weighted by atomic mass is 10.2. The normalized spacial score (nSPS) is 13.9. The van der Waals surface area contributed by atoms with Crippen LogP contribution in [0.25, 0.3) is 0 Å². The Labute approximate surface area is 143 Å². The van der Waals surface area contributed by atoms with Crippen molar-refractivity contribution in [3.63, 3.8) is 0 Å². The molecule has 24 heavy (non-hydrogen) atoms. The summed E-state index contributed by atoms with van der Waals surface area (Å²) in [4.78, 5) is 24.5. The van der Waals surface area contributed by atoms with E-state index in [0.717, 1.165) is 18.6 Å². The van der Waals surface area contributed by atoms with Crippen LogP contribution in [0, 0.1) is 10.1 Å². The van der Waals surface area contributed by atoms with Crippen LogP contribution >= 0.6 is 11.6 Å². The largest absolute Gasteiger partial charge is 0.468 e. The molecule has 0 saturated heterocycles. The number of nitro benzene ring substituents is 1. The van der Waals surface area contributed by atoms with E-state index in [1.54, 1.807) is 6.26 Å². The fourth-order valence-electron chi connectivity index (χ4n) is 2.45. The van der Waals surface area contributed by atoms with Crippen molar-refractivity contribution < 1.29 is 14.1 Å². The Morgan fingerprint density at radius 2 is 2.21 bits per heavy atom. The SMILES string of the molecule is O=C(CN(Cc1ccco1)C1CC1)Nc1ccc([N+](=O)[O-])cc1Cl. The van der Waals surface area contributed by atoms with Gasteiger partial charge in [0.25, 0.3) is 5.69 Å². The van der Waals surface area contributed by atoms with E-state index in [2.05, 4.69) is 5.32 Å². The molecule has 0 aliphatic heterocycles. The molecule has 8 heteroatoms. The molecule has 1 aromatic carbocycles. The number of amides is 1. The fraction of sp³-hybridized carbons (Fsp3) is 0.312. The van der Waals surface area contributed by atoms with Crippen LogP contribution in [-0.2, 0) is 11.3 Å². The first kappa shape index (κ1) is 16.5. The zero-order valence-electron chi connectivity index (χ0n) is 12.8. The van der Waals surface area contributed by atoms with E-state index < -0.39 is 4.92 Å². The number of hydrogen-bond donors (Lipinski definition) is 1. The van der Waals surface area contributed by atoms with Gasteiger partial charge in [-0.05, 0) is 31.0 Å². The standard InChI is InChI=1S/C16H16ClN3O4/c17-14-8-12(20(22)23)5-6-15(14)18-16(21)10-19(11-3-4-11)9-13-2-1-7-24-13/h1-2,5-8,11H,3-4,9-10H2,(H,18,21). The second-order valence-corrected chi connectivity index (χ2v) is 6.09. The molecule has 3 rings (SSSR count). The molecule has 1 fully saturated rings. The molecule has 126 valence electrons. The molecule has 0 radical (unpaired) electrons. The van der Waals surface area contributed by atoms with E-state index in [0.29, 0.717) is 18.3 Å². The molecule has 0 spiro atoms. The molecular weight excluding hydrogens is 334 g/mol. The van der Waals surface area contributed by atoms with Gasteiger partial charge in [0, 0.05) is 18.2 Å². The van der Waals surface area contributed by atoms with Crippen molar-refractivity contribution in [2.24, 2.45) is 0 Å². The summed E-state index contributed by atoms with van der Waals surface area (Å²) >= 11 is 6.00. The van der Waals surface area contributed by atoms with E-state index in [4.69, 9.17) is 16.0 Å². The van der Waals surface area contributed by atoms with Crippen molar-refractivity contribution in [2.45, 2.75) is 25.4 Å². The Morgan fingerprint density at radius 3 is 2.79 bits per heavy atom. The van der Waals surface area contributed by atoms with Gasteiger partial charge in [-0.3, -0.25) is 19.8 Å². The van der Waals surface area contributed by atoms with Crippen LogP contribution in [0.15, 0.2) is 41.0 Å². The highest BCUT2D eigenvalue weighted by atomic mass is 35.5. The zero-order valence-corrected chi connectivity index (χ0v) is 13.5. The van der Waals surface area contributed by atoms with E-state index >= 15 is 0 Å². The molecule has 0 atom stereocenters. The molecule has 1 saturated carbocycles. The molecule has 1 N–H and O–H groups in total. The average molecular weight is 350 g/mol. The number of non-ortho nitro benzene ring substituents is 1. The summed E-state index contributed by atoms with van der Waals surface area (Å²) in [6.07, 6.45) is 3.73.